The van der Waals surface area contributed by atoms with E-state index >= 15 is 0 Å². The van der Waals surface area contributed by atoms with Crippen LogP contribution in [-0.2, 0) is 106 Å². The topological polar surface area (TPSA) is 272 Å². The van der Waals surface area contributed by atoms with Gasteiger partial charge < -0.3 is 51.8 Å². The fourth-order valence-electron chi connectivity index (χ4n) is 6.71. The van der Waals surface area contributed by atoms with Crippen molar-refractivity contribution >= 4 is 78.4 Å². The van der Waals surface area contributed by atoms with Crippen molar-refractivity contribution in [2.75, 3.05) is 0 Å². The van der Waals surface area contributed by atoms with Gasteiger partial charge in [-0.2, -0.15) is 0 Å². The van der Waals surface area contributed by atoms with Crippen molar-refractivity contribution in [1.29, 1.82) is 0 Å². The largest absolute Gasteiger partial charge is 0.458 e. The second-order valence-corrected chi connectivity index (χ2v) is 22.5. The Labute approximate surface area is 436 Å². The highest BCUT2D eigenvalue weighted by molar-refractivity contribution is 6.99. The third kappa shape index (κ3) is 18.2. The Balaban J connectivity index is 1.42. The molecule has 0 aromatic heterocycles. The van der Waals surface area contributed by atoms with Crippen LogP contribution in [-0.4, -0.2) is 129 Å². The summed E-state index contributed by atoms with van der Waals surface area (Å²) in [6.07, 6.45) is -15.4. The second-order valence-electron chi connectivity index (χ2n) is 18.2. The molecular formula is C53H66O21Si. The highest BCUT2D eigenvalue weighted by atomic mass is 28.4. The lowest BCUT2D eigenvalue weighted by Crippen LogP contribution is -2.68. The van der Waals surface area contributed by atoms with Gasteiger partial charge in [-0.15, -0.1) is 0 Å². The van der Waals surface area contributed by atoms with E-state index in [4.69, 9.17) is 51.8 Å². The van der Waals surface area contributed by atoms with Crippen LogP contribution in [0.3, 0.4) is 0 Å². The van der Waals surface area contributed by atoms with Crippen LogP contribution < -0.4 is 10.4 Å². The molecule has 0 fully saturated rings. The molecule has 0 aliphatic rings. The number of benzene rings is 3. The summed E-state index contributed by atoms with van der Waals surface area (Å²) < 4.78 is 57.6. The van der Waals surface area contributed by atoms with Crippen molar-refractivity contribution in [3.05, 3.63) is 96.6 Å². The van der Waals surface area contributed by atoms with Crippen LogP contribution in [0.4, 0.5) is 0 Å². The number of hydrogen-bond donors (Lipinski definition) is 0. The van der Waals surface area contributed by atoms with E-state index in [0.717, 1.165) is 58.8 Å². The Morgan fingerprint density at radius 1 is 0.333 bits per heavy atom. The molecule has 0 N–H and O–H groups in total. The lowest BCUT2D eigenvalue weighted by atomic mass is 10.2. The van der Waals surface area contributed by atoms with Crippen molar-refractivity contribution in [2.24, 2.45) is 0 Å². The molecule has 0 radical (unpaired) electrons. The van der Waals surface area contributed by atoms with E-state index in [2.05, 4.69) is 0 Å². The third-order valence-electron chi connectivity index (χ3n) is 10.9. The van der Waals surface area contributed by atoms with Crippen LogP contribution in [0.2, 0.25) is 5.04 Å². The molecule has 3 aromatic rings. The summed E-state index contributed by atoms with van der Waals surface area (Å²) in [5, 5.41) is 1.36. The maximum absolute atomic E-state index is 13.4. The molecule has 21 nitrogen and oxygen atoms in total. The molecule has 408 valence electrons. The highest BCUT2D eigenvalue weighted by Gasteiger charge is 2.52. The smallest absolute Gasteiger partial charge is 0.347 e. The SMILES string of the molecule is C[C@H](O[Si](c1ccccc1)(c1ccccc1)C(C)(C)C)C(=O)O[C@H](C)C(=O)O[C@H](C)C(=O)O[C@H](C)C(=O)O[C@H](C)C(=O)O[C@H](C)C(=O)O[C@H](C)C(=O)O[C@H](C)C(=O)O[C@H](C)C(=O)O[C@H](C)C(=O)OCc1ccccc1. The molecule has 0 saturated carbocycles. The molecule has 0 aliphatic carbocycles. The Morgan fingerprint density at radius 3 is 0.787 bits per heavy atom. The summed E-state index contributed by atoms with van der Waals surface area (Å²) >= 11 is 0. The summed E-state index contributed by atoms with van der Waals surface area (Å²) in [6.45, 7) is 17.8. The van der Waals surface area contributed by atoms with Gasteiger partial charge in [0.2, 0.25) is 0 Å². The molecule has 3 rings (SSSR count). The Morgan fingerprint density at radius 2 is 0.547 bits per heavy atom. The fourth-order valence-corrected chi connectivity index (χ4v) is 11.4. The molecule has 75 heavy (non-hydrogen) atoms. The number of ether oxygens (including phenoxy) is 10. The quantitative estimate of drug-likeness (QED) is 0.0657. The van der Waals surface area contributed by atoms with E-state index < -0.39 is 134 Å². The summed E-state index contributed by atoms with van der Waals surface area (Å²) in [7, 11) is -3.18. The van der Waals surface area contributed by atoms with E-state index in [1.807, 2.05) is 81.4 Å². The molecule has 10 atom stereocenters. The van der Waals surface area contributed by atoms with Crippen molar-refractivity contribution in [1.82, 2.24) is 0 Å². The van der Waals surface area contributed by atoms with Gasteiger partial charge in [0.1, 0.15) is 12.7 Å². The maximum atomic E-state index is 13.4. The minimum atomic E-state index is -3.18. The normalized spacial score (nSPS) is 15.4. The minimum absolute atomic E-state index is 0.0642. The Hall–Kier alpha value is -7.46. The predicted octanol–water partition coefficient (Wildman–Crippen LogP) is 4.08. The first-order valence-corrected chi connectivity index (χ1v) is 25.8. The van der Waals surface area contributed by atoms with Crippen LogP contribution in [0, 0.1) is 0 Å². The van der Waals surface area contributed by atoms with Gasteiger partial charge in [-0.1, -0.05) is 112 Å². The van der Waals surface area contributed by atoms with Gasteiger partial charge in [-0.25, -0.2) is 47.9 Å². The zero-order valence-electron chi connectivity index (χ0n) is 44.2. The summed E-state index contributed by atoms with van der Waals surface area (Å²) in [5.74, 6) is -11.2. The van der Waals surface area contributed by atoms with Crippen molar-refractivity contribution in [3.63, 3.8) is 0 Å². The van der Waals surface area contributed by atoms with Gasteiger partial charge in [0.05, 0.1) is 0 Å². The first-order chi connectivity index (χ1) is 35.1. The summed E-state index contributed by atoms with van der Waals surface area (Å²) in [6, 6.07) is 27.9. The van der Waals surface area contributed by atoms with Crippen LogP contribution in [0.1, 0.15) is 95.6 Å². The lowest BCUT2D eigenvalue weighted by Gasteiger charge is -2.44. The first kappa shape index (κ1) is 61.8. The highest BCUT2D eigenvalue weighted by Crippen LogP contribution is 2.37. The standard InChI is InChI=1S/C53H66O21Si/c1-30(43(54)64-29-40-23-17-14-18-24-40)65-44(55)31(2)66-45(56)32(3)67-46(57)33(4)68-47(58)34(5)69-48(59)35(6)70-49(60)36(7)71-50(61)37(8)72-51(62)38(9)73-52(63)39(10)74-75(53(11,12)13,41-25-19-15-20-26-41)42-27-21-16-22-28-42/h14-28,30-39H,29H2,1-13H3/t30-,31-,32-,33-,34-,35-,36-,37-,38-,39+/m1/s1. The van der Waals surface area contributed by atoms with Gasteiger partial charge in [0.25, 0.3) is 8.32 Å². The first-order valence-electron chi connectivity index (χ1n) is 23.9. The molecule has 22 heteroatoms. The molecule has 0 saturated heterocycles. The van der Waals surface area contributed by atoms with Gasteiger partial charge in [-0.05, 0) is 90.2 Å². The van der Waals surface area contributed by atoms with E-state index in [1.165, 1.54) is 20.8 Å². The predicted molar refractivity (Wildman–Crippen MR) is 264 cm³/mol. The third-order valence-corrected chi connectivity index (χ3v) is 16.1. The minimum Gasteiger partial charge on any atom is -0.458 e. The van der Waals surface area contributed by atoms with Gasteiger partial charge >= 0.3 is 59.7 Å². The second kappa shape index (κ2) is 28.3. The van der Waals surface area contributed by atoms with Crippen LogP contribution in [0.25, 0.3) is 0 Å². The molecule has 0 aliphatic heterocycles. The number of hydrogen-bond acceptors (Lipinski definition) is 21. The summed E-state index contributed by atoms with van der Waals surface area (Å²) in [4.78, 5) is 127. The Bertz CT molecular complexity index is 2420. The van der Waals surface area contributed by atoms with E-state index in [1.54, 1.807) is 30.3 Å². The summed E-state index contributed by atoms with van der Waals surface area (Å²) in [5.41, 5.74) is 0.704. The maximum Gasteiger partial charge on any atom is 0.347 e. The van der Waals surface area contributed by atoms with Crippen molar-refractivity contribution in [2.45, 2.75) is 163 Å². The number of carbonyl (C=O) groups excluding carboxylic acids is 10. The number of esters is 10. The zero-order valence-corrected chi connectivity index (χ0v) is 45.2. The van der Waals surface area contributed by atoms with E-state index in [9.17, 15) is 47.9 Å². The number of carbonyl (C=O) groups is 10. The van der Waals surface area contributed by atoms with Crippen LogP contribution in [0.5, 0.6) is 0 Å². The van der Waals surface area contributed by atoms with E-state index in [-0.39, 0.29) is 6.61 Å². The molecular weight excluding hydrogens is 1000 g/mol. The Kier molecular flexibility index (Phi) is 23.3. The molecule has 0 amide bonds. The average molecular weight is 1070 g/mol. The molecule has 0 unspecified atom stereocenters. The van der Waals surface area contributed by atoms with Gasteiger partial charge in [-0.3, -0.25) is 0 Å². The molecule has 0 bridgehead atoms. The lowest BCUT2D eigenvalue weighted by molar-refractivity contribution is -0.189. The van der Waals surface area contributed by atoms with Crippen LogP contribution in [0.15, 0.2) is 91.0 Å². The van der Waals surface area contributed by atoms with Crippen molar-refractivity contribution in [3.8, 4) is 0 Å². The molecule has 3 aromatic carbocycles. The van der Waals surface area contributed by atoms with Gasteiger partial charge in [0, 0.05) is 0 Å². The average Bonchev–Trinajstić information content (AvgIpc) is 3.36. The van der Waals surface area contributed by atoms with Gasteiger partial charge in [0.15, 0.2) is 54.9 Å². The number of rotatable bonds is 25. The van der Waals surface area contributed by atoms with Crippen LogP contribution >= 0.6 is 0 Å². The zero-order chi connectivity index (χ0) is 56.4. The fraction of sp³-hybridized carbons (Fsp3) is 0.472. The monoisotopic (exact) mass is 1070 g/mol. The van der Waals surface area contributed by atoms with E-state index in [0.29, 0.717) is 5.56 Å². The molecule has 0 spiro atoms. The molecule has 0 heterocycles. The van der Waals surface area contributed by atoms with Crippen molar-refractivity contribution < 1.29 is 99.7 Å².